The van der Waals surface area contributed by atoms with Crippen molar-refractivity contribution in [3.8, 4) is 5.75 Å². The minimum atomic E-state index is -1.51. The molecule has 1 rings (SSSR count). The molecule has 5 nitrogen and oxygen atoms in total. The molecule has 0 aliphatic carbocycles. The Morgan fingerprint density at radius 2 is 1.95 bits per heavy atom. The molecule has 1 amide bonds. The summed E-state index contributed by atoms with van der Waals surface area (Å²) in [4.78, 5) is 23.1. The van der Waals surface area contributed by atoms with Crippen molar-refractivity contribution >= 4 is 22.5 Å². The fourth-order valence-corrected chi connectivity index (χ4v) is 2.46. The van der Waals surface area contributed by atoms with E-state index in [9.17, 15) is 13.8 Å². The van der Waals surface area contributed by atoms with Crippen LogP contribution in [0.15, 0.2) is 24.3 Å². The molecule has 0 radical (unpaired) electrons. The highest BCUT2D eigenvalue weighted by Gasteiger charge is 2.16. The number of ether oxygens (including phenoxy) is 1. The van der Waals surface area contributed by atoms with E-state index in [4.69, 9.17) is 4.74 Å². The maximum atomic E-state index is 12.0. The van der Waals surface area contributed by atoms with E-state index in [1.165, 1.54) is 7.05 Å². The average molecular weight is 283 g/mol. The van der Waals surface area contributed by atoms with Crippen LogP contribution in [0.2, 0.25) is 0 Å². The highest BCUT2D eigenvalue weighted by molar-refractivity contribution is 7.86. The number of Topliss-reactive ketones (excluding diaryl/α,β-unsaturated/α-hetero) is 1. The number of carbonyl (C=O) groups excluding carboxylic acids is 2. The molecule has 19 heavy (non-hydrogen) atoms. The van der Waals surface area contributed by atoms with Gasteiger partial charge in [0.2, 0.25) is 5.91 Å². The molecule has 1 aromatic carbocycles. The van der Waals surface area contributed by atoms with Crippen LogP contribution in [0.3, 0.4) is 0 Å². The summed E-state index contributed by atoms with van der Waals surface area (Å²) >= 11 is 0. The summed E-state index contributed by atoms with van der Waals surface area (Å²) in [5.74, 6) is -0.501. The Balaban J connectivity index is 2.73. The third-order valence-corrected chi connectivity index (χ3v) is 3.52. The summed E-state index contributed by atoms with van der Waals surface area (Å²) in [6.45, 7) is 2.27. The van der Waals surface area contributed by atoms with Crippen LogP contribution < -0.4 is 10.1 Å². The first-order chi connectivity index (χ1) is 9.08. The van der Waals surface area contributed by atoms with E-state index in [1.807, 2.05) is 6.92 Å². The molecule has 0 bridgehead atoms. The maximum Gasteiger partial charge on any atom is 0.232 e. The van der Waals surface area contributed by atoms with Gasteiger partial charge in [-0.1, -0.05) is 12.1 Å². The normalized spacial score (nSPS) is 11.7. The van der Waals surface area contributed by atoms with E-state index in [-0.39, 0.29) is 23.2 Å². The second kappa shape index (κ2) is 7.68. The lowest BCUT2D eigenvalue weighted by Gasteiger charge is -2.08. The van der Waals surface area contributed by atoms with Gasteiger partial charge in [0.15, 0.2) is 5.78 Å². The summed E-state index contributed by atoms with van der Waals surface area (Å²) in [5.41, 5.74) is 0.398. The summed E-state index contributed by atoms with van der Waals surface area (Å²) in [6.07, 6.45) is 0. The molecule has 0 saturated heterocycles. The molecule has 1 unspecified atom stereocenters. The predicted octanol–water partition coefficient (Wildman–Crippen LogP) is 0.763. The van der Waals surface area contributed by atoms with Crippen LogP contribution >= 0.6 is 0 Å². The molecule has 6 heteroatoms. The number of para-hydroxylation sites is 1. The lowest BCUT2D eigenvalue weighted by Crippen LogP contribution is -2.27. The monoisotopic (exact) mass is 283 g/mol. The van der Waals surface area contributed by atoms with Gasteiger partial charge >= 0.3 is 0 Å². The fourth-order valence-electron chi connectivity index (χ4n) is 1.47. The topological polar surface area (TPSA) is 72.5 Å². The molecular formula is C13H17NO4S. The van der Waals surface area contributed by atoms with Gasteiger partial charge in [-0.3, -0.25) is 13.8 Å². The second-order valence-corrected chi connectivity index (χ2v) is 5.21. The summed E-state index contributed by atoms with van der Waals surface area (Å²) in [7, 11) is -0.0459. The molecule has 0 fully saturated rings. The van der Waals surface area contributed by atoms with Gasteiger partial charge in [-0.25, -0.2) is 0 Å². The van der Waals surface area contributed by atoms with Crippen molar-refractivity contribution in [3.63, 3.8) is 0 Å². The third-order valence-electron chi connectivity index (χ3n) is 2.35. The number of ketones is 1. The molecule has 1 atom stereocenters. The number of hydrogen-bond donors (Lipinski definition) is 1. The molecule has 0 aliphatic heterocycles. The van der Waals surface area contributed by atoms with Crippen molar-refractivity contribution < 1.29 is 18.5 Å². The van der Waals surface area contributed by atoms with E-state index in [0.717, 1.165) is 0 Å². The SMILES string of the molecule is CCOc1ccccc1C(=O)CS(=O)CC(=O)NC. The number of amides is 1. The Kier molecular flexibility index (Phi) is 6.21. The zero-order valence-electron chi connectivity index (χ0n) is 11.0. The van der Waals surface area contributed by atoms with Gasteiger partial charge in [0.05, 0.1) is 17.9 Å². The first-order valence-electron chi connectivity index (χ1n) is 5.89. The Bertz CT molecular complexity index is 487. The molecule has 1 N–H and O–H groups in total. The Morgan fingerprint density at radius 3 is 2.58 bits per heavy atom. The second-order valence-electron chi connectivity index (χ2n) is 3.75. The van der Waals surface area contributed by atoms with Crippen LogP contribution in [0.4, 0.5) is 0 Å². The maximum absolute atomic E-state index is 12.0. The molecule has 0 saturated carbocycles. The van der Waals surface area contributed by atoms with E-state index < -0.39 is 10.8 Å². The first-order valence-corrected chi connectivity index (χ1v) is 7.37. The van der Waals surface area contributed by atoms with E-state index in [2.05, 4.69) is 5.32 Å². The molecule has 0 aliphatic rings. The number of nitrogens with one attached hydrogen (secondary N) is 1. The van der Waals surface area contributed by atoms with Crippen molar-refractivity contribution in [3.05, 3.63) is 29.8 Å². The van der Waals surface area contributed by atoms with Crippen LogP contribution in [0.1, 0.15) is 17.3 Å². The van der Waals surface area contributed by atoms with E-state index in [0.29, 0.717) is 17.9 Å². The van der Waals surface area contributed by atoms with Crippen LogP contribution in [0.5, 0.6) is 5.75 Å². The lowest BCUT2D eigenvalue weighted by molar-refractivity contribution is -0.118. The van der Waals surface area contributed by atoms with Gasteiger partial charge in [0, 0.05) is 17.8 Å². The van der Waals surface area contributed by atoms with E-state index in [1.54, 1.807) is 24.3 Å². The first kappa shape index (κ1) is 15.4. The van der Waals surface area contributed by atoms with Gasteiger partial charge in [0.25, 0.3) is 0 Å². The quantitative estimate of drug-likeness (QED) is 0.750. The third kappa shape index (κ3) is 4.82. The van der Waals surface area contributed by atoms with Crippen molar-refractivity contribution in [1.29, 1.82) is 0 Å². The highest BCUT2D eigenvalue weighted by Crippen LogP contribution is 2.18. The van der Waals surface area contributed by atoms with Gasteiger partial charge in [0.1, 0.15) is 11.5 Å². The van der Waals surface area contributed by atoms with Gasteiger partial charge < -0.3 is 10.1 Å². The molecule has 104 valence electrons. The Labute approximate surface area is 114 Å². The highest BCUT2D eigenvalue weighted by atomic mass is 32.2. The van der Waals surface area contributed by atoms with Crippen LogP contribution in [0.25, 0.3) is 0 Å². The predicted molar refractivity (Wildman–Crippen MR) is 73.9 cm³/mol. The average Bonchev–Trinajstić information content (AvgIpc) is 2.39. The summed E-state index contributed by atoms with van der Waals surface area (Å²) in [5, 5.41) is 2.37. The molecule has 0 aromatic heterocycles. The summed E-state index contributed by atoms with van der Waals surface area (Å²) < 4.78 is 17.0. The smallest absolute Gasteiger partial charge is 0.232 e. The van der Waals surface area contributed by atoms with Crippen molar-refractivity contribution in [2.45, 2.75) is 6.92 Å². The largest absolute Gasteiger partial charge is 0.493 e. The van der Waals surface area contributed by atoms with E-state index >= 15 is 0 Å². The number of hydrogen-bond acceptors (Lipinski definition) is 4. The molecular weight excluding hydrogens is 266 g/mol. The van der Waals surface area contributed by atoms with Crippen LogP contribution in [-0.2, 0) is 15.6 Å². The standard InChI is InChI=1S/C13H17NO4S/c1-3-18-12-7-5-4-6-10(12)11(15)8-19(17)9-13(16)14-2/h4-7H,3,8-9H2,1-2H3,(H,14,16). The zero-order valence-corrected chi connectivity index (χ0v) is 11.8. The molecule has 1 aromatic rings. The number of rotatable bonds is 7. The number of benzene rings is 1. The van der Waals surface area contributed by atoms with Crippen molar-refractivity contribution in [2.24, 2.45) is 0 Å². The zero-order chi connectivity index (χ0) is 14.3. The van der Waals surface area contributed by atoms with Gasteiger partial charge in [-0.15, -0.1) is 0 Å². The lowest BCUT2D eigenvalue weighted by atomic mass is 10.1. The van der Waals surface area contributed by atoms with Crippen LogP contribution in [0, 0.1) is 0 Å². The number of carbonyl (C=O) groups is 2. The summed E-state index contributed by atoms with van der Waals surface area (Å²) in [6, 6.07) is 6.81. The Morgan fingerprint density at radius 1 is 1.26 bits per heavy atom. The minimum Gasteiger partial charge on any atom is -0.493 e. The van der Waals surface area contributed by atoms with Crippen LogP contribution in [-0.4, -0.2) is 41.1 Å². The van der Waals surface area contributed by atoms with Gasteiger partial charge in [-0.2, -0.15) is 0 Å². The van der Waals surface area contributed by atoms with Crippen molar-refractivity contribution in [1.82, 2.24) is 5.32 Å². The minimum absolute atomic E-state index is 0.168. The fraction of sp³-hybridized carbons (Fsp3) is 0.385. The molecule has 0 heterocycles. The van der Waals surface area contributed by atoms with Gasteiger partial charge in [-0.05, 0) is 19.1 Å². The van der Waals surface area contributed by atoms with Crippen molar-refractivity contribution in [2.75, 3.05) is 25.2 Å². The molecule has 0 spiro atoms. The Hall–Kier alpha value is -1.69.